The van der Waals surface area contributed by atoms with E-state index in [0.717, 1.165) is 16.9 Å². The summed E-state index contributed by atoms with van der Waals surface area (Å²) in [6.07, 6.45) is 0.785. The van der Waals surface area contributed by atoms with E-state index in [-0.39, 0.29) is 17.8 Å². The zero-order valence-electron chi connectivity index (χ0n) is 15.7. The van der Waals surface area contributed by atoms with E-state index in [1.54, 1.807) is 18.2 Å². The van der Waals surface area contributed by atoms with Gasteiger partial charge in [0.05, 0.1) is 17.1 Å². The Labute approximate surface area is 158 Å². The highest BCUT2D eigenvalue weighted by Gasteiger charge is 2.34. The van der Waals surface area contributed by atoms with E-state index in [4.69, 9.17) is 4.98 Å². The van der Waals surface area contributed by atoms with Gasteiger partial charge in [-0.3, -0.25) is 4.79 Å². The normalized spacial score (nSPS) is 14.7. The molecule has 27 heavy (non-hydrogen) atoms. The lowest BCUT2D eigenvalue weighted by molar-refractivity contribution is -0.136. The highest BCUT2D eigenvalue weighted by atomic mass is 19.1. The number of nitrogens with zero attached hydrogens (tertiary/aromatic N) is 3. The summed E-state index contributed by atoms with van der Waals surface area (Å²) in [4.78, 5) is 19.1. The molecule has 4 rings (SSSR count). The topological polar surface area (TPSA) is 38.1 Å². The first-order chi connectivity index (χ1) is 13.0. The number of aromatic nitrogens is 2. The van der Waals surface area contributed by atoms with Crippen molar-refractivity contribution in [3.8, 4) is 0 Å². The standard InChI is InChI=1S/C22H24FN3O/c1-15(2)22-24-19-9-5-6-10-20(19)26(22)17-13-25(14-17)21(27)12-11-16-7-3-4-8-18(16)23/h3-10,15,17H,11-14H2,1-2H3. The molecule has 0 unspecified atom stereocenters. The number of aryl methyl sites for hydroxylation is 1. The van der Waals surface area contributed by atoms with Crippen LogP contribution in [0.3, 0.4) is 0 Å². The number of likely N-dealkylation sites (tertiary alicyclic amines) is 1. The zero-order chi connectivity index (χ0) is 19.0. The van der Waals surface area contributed by atoms with Crippen molar-refractivity contribution < 1.29 is 9.18 Å². The van der Waals surface area contributed by atoms with Crippen LogP contribution >= 0.6 is 0 Å². The van der Waals surface area contributed by atoms with E-state index >= 15 is 0 Å². The third kappa shape index (κ3) is 3.34. The summed E-state index contributed by atoms with van der Waals surface area (Å²) in [7, 11) is 0. The number of hydrogen-bond acceptors (Lipinski definition) is 2. The Morgan fingerprint density at radius 3 is 2.59 bits per heavy atom. The Kier molecular flexibility index (Phi) is 4.68. The molecule has 140 valence electrons. The van der Waals surface area contributed by atoms with Crippen LogP contribution in [-0.2, 0) is 11.2 Å². The fourth-order valence-electron chi connectivity index (χ4n) is 3.78. The second kappa shape index (κ2) is 7.14. The fraction of sp³-hybridized carbons (Fsp3) is 0.364. The summed E-state index contributed by atoms with van der Waals surface area (Å²) in [5, 5.41) is 0. The Bertz CT molecular complexity index is 973. The lowest BCUT2D eigenvalue weighted by Gasteiger charge is -2.41. The van der Waals surface area contributed by atoms with Gasteiger partial charge in [0.25, 0.3) is 0 Å². The largest absolute Gasteiger partial charge is 0.338 e. The Hall–Kier alpha value is -2.69. The van der Waals surface area contributed by atoms with Crippen LogP contribution in [0.1, 0.15) is 43.6 Å². The van der Waals surface area contributed by atoms with Crippen LogP contribution in [0.5, 0.6) is 0 Å². The maximum Gasteiger partial charge on any atom is 0.223 e. The van der Waals surface area contributed by atoms with E-state index in [1.165, 1.54) is 6.07 Å². The molecule has 0 spiro atoms. The van der Waals surface area contributed by atoms with E-state index in [9.17, 15) is 9.18 Å². The second-order valence-electron chi connectivity index (χ2n) is 7.53. The van der Waals surface area contributed by atoms with Gasteiger partial charge in [-0.2, -0.15) is 0 Å². The van der Waals surface area contributed by atoms with Crippen molar-refractivity contribution in [2.24, 2.45) is 0 Å². The average Bonchev–Trinajstić information content (AvgIpc) is 3.00. The SMILES string of the molecule is CC(C)c1nc2ccccc2n1C1CN(C(=O)CCc2ccccc2F)C1. The number of imidazole rings is 1. The van der Waals surface area contributed by atoms with Crippen LogP contribution in [-0.4, -0.2) is 33.4 Å². The molecule has 2 heterocycles. The molecule has 0 N–H and O–H groups in total. The summed E-state index contributed by atoms with van der Waals surface area (Å²) < 4.78 is 16.0. The first-order valence-electron chi connectivity index (χ1n) is 9.52. The molecule has 1 amide bonds. The quantitative estimate of drug-likeness (QED) is 0.675. The molecule has 0 saturated carbocycles. The summed E-state index contributed by atoms with van der Waals surface area (Å²) in [6, 6.07) is 15.1. The van der Waals surface area contributed by atoms with Gasteiger partial charge in [-0.1, -0.05) is 44.2 Å². The minimum absolute atomic E-state index is 0.0880. The minimum atomic E-state index is -0.238. The van der Waals surface area contributed by atoms with Gasteiger partial charge in [0.15, 0.2) is 0 Å². The van der Waals surface area contributed by atoms with Gasteiger partial charge in [-0.15, -0.1) is 0 Å². The highest BCUT2D eigenvalue weighted by molar-refractivity contribution is 5.79. The van der Waals surface area contributed by atoms with Gasteiger partial charge in [0, 0.05) is 25.4 Å². The van der Waals surface area contributed by atoms with Crippen LogP contribution in [0.15, 0.2) is 48.5 Å². The molecule has 0 bridgehead atoms. The van der Waals surface area contributed by atoms with Crippen LogP contribution in [0.25, 0.3) is 11.0 Å². The number of amides is 1. The molecule has 0 atom stereocenters. The Balaban J connectivity index is 1.44. The van der Waals surface area contributed by atoms with Crippen LogP contribution in [0, 0.1) is 5.82 Å². The van der Waals surface area contributed by atoms with Gasteiger partial charge in [0.1, 0.15) is 11.6 Å². The molecule has 5 heteroatoms. The predicted octanol–water partition coefficient (Wildman–Crippen LogP) is 4.31. The maximum atomic E-state index is 13.7. The van der Waals surface area contributed by atoms with Gasteiger partial charge in [0.2, 0.25) is 5.91 Å². The maximum absolute atomic E-state index is 13.7. The first kappa shape index (κ1) is 17.7. The number of halogens is 1. The average molecular weight is 365 g/mol. The van der Waals surface area contributed by atoms with E-state index < -0.39 is 0 Å². The predicted molar refractivity (Wildman–Crippen MR) is 104 cm³/mol. The first-order valence-corrected chi connectivity index (χ1v) is 9.52. The molecular weight excluding hydrogens is 341 g/mol. The van der Waals surface area contributed by atoms with Crippen LogP contribution in [0.4, 0.5) is 4.39 Å². The van der Waals surface area contributed by atoms with Gasteiger partial charge in [-0.05, 0) is 30.2 Å². The minimum Gasteiger partial charge on any atom is -0.338 e. The van der Waals surface area contributed by atoms with Crippen molar-refractivity contribution in [1.82, 2.24) is 14.5 Å². The smallest absolute Gasteiger partial charge is 0.223 e. The molecule has 1 aliphatic heterocycles. The second-order valence-corrected chi connectivity index (χ2v) is 7.53. The molecular formula is C22H24FN3O. The number of rotatable bonds is 5. The molecule has 1 aliphatic rings. The molecule has 1 fully saturated rings. The summed E-state index contributed by atoms with van der Waals surface area (Å²) in [5.74, 6) is 1.24. The summed E-state index contributed by atoms with van der Waals surface area (Å²) >= 11 is 0. The Morgan fingerprint density at radius 1 is 1.15 bits per heavy atom. The molecule has 2 aromatic carbocycles. The number of fused-ring (bicyclic) bond motifs is 1. The van der Waals surface area contributed by atoms with Gasteiger partial charge in [-0.25, -0.2) is 9.37 Å². The molecule has 0 aliphatic carbocycles. The lowest BCUT2D eigenvalue weighted by atomic mass is 10.0. The number of benzene rings is 2. The third-order valence-corrected chi connectivity index (χ3v) is 5.29. The fourth-order valence-corrected chi connectivity index (χ4v) is 3.78. The van der Waals surface area contributed by atoms with E-state index in [0.29, 0.717) is 37.4 Å². The van der Waals surface area contributed by atoms with E-state index in [1.807, 2.05) is 23.1 Å². The van der Waals surface area contributed by atoms with Crippen molar-refractivity contribution in [2.75, 3.05) is 13.1 Å². The number of hydrogen-bond donors (Lipinski definition) is 0. The zero-order valence-corrected chi connectivity index (χ0v) is 15.7. The van der Waals surface area contributed by atoms with Crippen molar-refractivity contribution >= 4 is 16.9 Å². The Morgan fingerprint density at radius 2 is 1.85 bits per heavy atom. The third-order valence-electron chi connectivity index (χ3n) is 5.29. The number of para-hydroxylation sites is 2. The van der Waals surface area contributed by atoms with Gasteiger partial charge >= 0.3 is 0 Å². The monoisotopic (exact) mass is 365 g/mol. The molecule has 0 radical (unpaired) electrons. The van der Waals surface area contributed by atoms with E-state index in [2.05, 4.69) is 24.5 Å². The van der Waals surface area contributed by atoms with Crippen molar-refractivity contribution in [2.45, 2.75) is 38.6 Å². The number of carbonyl (C=O) groups excluding carboxylic acids is 1. The van der Waals surface area contributed by atoms with Crippen molar-refractivity contribution in [3.05, 3.63) is 65.7 Å². The van der Waals surface area contributed by atoms with Crippen LogP contribution in [0.2, 0.25) is 0 Å². The molecule has 1 aromatic heterocycles. The highest BCUT2D eigenvalue weighted by Crippen LogP contribution is 2.31. The molecule has 1 saturated heterocycles. The van der Waals surface area contributed by atoms with Crippen molar-refractivity contribution in [1.29, 1.82) is 0 Å². The lowest BCUT2D eigenvalue weighted by Crippen LogP contribution is -2.51. The van der Waals surface area contributed by atoms with Gasteiger partial charge < -0.3 is 9.47 Å². The summed E-state index contributed by atoms with van der Waals surface area (Å²) in [6.45, 7) is 5.67. The molecule has 4 nitrogen and oxygen atoms in total. The van der Waals surface area contributed by atoms with Crippen LogP contribution < -0.4 is 0 Å². The van der Waals surface area contributed by atoms with Crippen molar-refractivity contribution in [3.63, 3.8) is 0 Å². The molecule has 3 aromatic rings. The summed E-state index contributed by atoms with van der Waals surface area (Å²) in [5.41, 5.74) is 2.74. The number of carbonyl (C=O) groups is 1.